The van der Waals surface area contributed by atoms with Gasteiger partial charge in [0.25, 0.3) is 5.91 Å². The highest BCUT2D eigenvalue weighted by molar-refractivity contribution is 9.10. The van der Waals surface area contributed by atoms with E-state index in [0.29, 0.717) is 4.60 Å². The Balaban J connectivity index is 2.24. The normalized spacial score (nSPS) is 10.1. The summed E-state index contributed by atoms with van der Waals surface area (Å²) < 4.78 is 13.7. The first-order valence-electron chi connectivity index (χ1n) is 5.44. The number of carboxylic acid groups (broad SMARTS) is 1. The van der Waals surface area contributed by atoms with Crippen LogP contribution in [0.25, 0.3) is 0 Å². The van der Waals surface area contributed by atoms with Crippen LogP contribution in [-0.2, 0) is 0 Å². The predicted octanol–water partition coefficient (Wildman–Crippen LogP) is 2.93. The summed E-state index contributed by atoms with van der Waals surface area (Å²) in [4.78, 5) is 26.7. The molecule has 2 aromatic rings. The topological polar surface area (TPSA) is 79.3 Å². The number of anilines is 1. The van der Waals surface area contributed by atoms with Crippen molar-refractivity contribution in [1.82, 2.24) is 4.98 Å². The van der Waals surface area contributed by atoms with Crippen LogP contribution in [0.5, 0.6) is 0 Å². The van der Waals surface area contributed by atoms with Crippen LogP contribution in [0.4, 0.5) is 10.1 Å². The minimum Gasteiger partial charge on any atom is -0.478 e. The van der Waals surface area contributed by atoms with E-state index in [-0.39, 0.29) is 11.4 Å². The van der Waals surface area contributed by atoms with Crippen molar-refractivity contribution in [3.8, 4) is 0 Å². The summed E-state index contributed by atoms with van der Waals surface area (Å²) >= 11 is 3.14. The second-order valence-electron chi connectivity index (χ2n) is 3.80. The third-order valence-corrected chi connectivity index (χ3v) is 2.84. The minimum absolute atomic E-state index is 0.153. The van der Waals surface area contributed by atoms with Crippen molar-refractivity contribution >= 4 is 33.5 Å². The van der Waals surface area contributed by atoms with Gasteiger partial charge in [-0.25, -0.2) is 14.2 Å². The Labute approximate surface area is 121 Å². The number of nitrogens with one attached hydrogen (secondary N) is 1. The summed E-state index contributed by atoms with van der Waals surface area (Å²) in [5.74, 6) is -2.79. The van der Waals surface area contributed by atoms with Crippen LogP contribution in [0.1, 0.15) is 20.8 Å². The summed E-state index contributed by atoms with van der Waals surface area (Å²) in [5.41, 5.74) is -0.179. The zero-order chi connectivity index (χ0) is 14.7. The summed E-state index contributed by atoms with van der Waals surface area (Å²) in [7, 11) is 0. The molecule has 7 heteroatoms. The number of aromatic nitrogens is 1. The molecule has 1 aromatic heterocycles. The van der Waals surface area contributed by atoms with E-state index in [1.165, 1.54) is 12.1 Å². The number of carbonyl (C=O) groups excluding carboxylic acids is 1. The number of pyridine rings is 1. The Bertz CT molecular complexity index is 691. The molecule has 2 N–H and O–H groups in total. The highest BCUT2D eigenvalue weighted by Gasteiger charge is 2.13. The Kier molecular flexibility index (Phi) is 4.09. The number of rotatable bonds is 3. The van der Waals surface area contributed by atoms with E-state index < -0.39 is 23.3 Å². The fourth-order valence-electron chi connectivity index (χ4n) is 1.50. The number of hydrogen-bond donors (Lipinski definition) is 2. The number of nitrogens with zero attached hydrogens (tertiary/aromatic N) is 1. The molecule has 0 saturated heterocycles. The maximum atomic E-state index is 13.2. The van der Waals surface area contributed by atoms with Gasteiger partial charge in [-0.2, -0.15) is 0 Å². The highest BCUT2D eigenvalue weighted by Crippen LogP contribution is 2.16. The summed E-state index contributed by atoms with van der Waals surface area (Å²) in [6, 6.07) is 8.11. The second kappa shape index (κ2) is 5.79. The van der Waals surface area contributed by atoms with Gasteiger partial charge < -0.3 is 10.4 Å². The lowest BCUT2D eigenvalue weighted by molar-refractivity contribution is 0.0691. The van der Waals surface area contributed by atoms with Gasteiger partial charge in [-0.3, -0.25) is 4.79 Å². The quantitative estimate of drug-likeness (QED) is 0.843. The minimum atomic E-state index is -1.40. The largest absolute Gasteiger partial charge is 0.478 e. The predicted molar refractivity (Wildman–Crippen MR) is 73.2 cm³/mol. The Morgan fingerprint density at radius 2 is 2.00 bits per heavy atom. The van der Waals surface area contributed by atoms with Crippen LogP contribution in [0.3, 0.4) is 0 Å². The van der Waals surface area contributed by atoms with E-state index in [9.17, 15) is 14.0 Å². The average Bonchev–Trinajstić information content (AvgIpc) is 2.40. The smallest absolute Gasteiger partial charge is 0.338 e. The van der Waals surface area contributed by atoms with Crippen molar-refractivity contribution in [2.24, 2.45) is 0 Å². The molecule has 102 valence electrons. The zero-order valence-electron chi connectivity index (χ0n) is 9.93. The molecule has 0 unspecified atom stereocenters. The number of hydrogen-bond acceptors (Lipinski definition) is 3. The number of carbonyl (C=O) groups is 2. The molecule has 0 aliphatic rings. The Morgan fingerprint density at radius 3 is 2.65 bits per heavy atom. The zero-order valence-corrected chi connectivity index (χ0v) is 11.5. The van der Waals surface area contributed by atoms with E-state index in [0.717, 1.165) is 12.1 Å². The van der Waals surface area contributed by atoms with Gasteiger partial charge in [0, 0.05) is 5.69 Å². The summed E-state index contributed by atoms with van der Waals surface area (Å²) in [6.45, 7) is 0. The van der Waals surface area contributed by atoms with Gasteiger partial charge in [0.15, 0.2) is 0 Å². The fourth-order valence-corrected chi connectivity index (χ4v) is 1.84. The van der Waals surface area contributed by atoms with Crippen molar-refractivity contribution in [3.63, 3.8) is 0 Å². The van der Waals surface area contributed by atoms with Crippen molar-refractivity contribution in [2.45, 2.75) is 0 Å². The maximum Gasteiger partial charge on any atom is 0.338 e. The third kappa shape index (κ3) is 3.18. The molecule has 0 spiro atoms. The maximum absolute atomic E-state index is 13.2. The van der Waals surface area contributed by atoms with Gasteiger partial charge in [-0.1, -0.05) is 6.07 Å². The molecule has 0 atom stereocenters. The Hall–Kier alpha value is -2.28. The van der Waals surface area contributed by atoms with Crippen molar-refractivity contribution < 1.29 is 19.1 Å². The standard InChI is InChI=1S/C13H8BrFN2O3/c14-11-3-1-2-10(17-11)12(18)16-7-4-5-9(15)8(6-7)13(19)20/h1-6H,(H,16,18)(H,19,20). The molecule has 0 radical (unpaired) electrons. The van der Waals surface area contributed by atoms with E-state index in [1.54, 1.807) is 12.1 Å². The molecule has 0 aliphatic heterocycles. The first-order valence-corrected chi connectivity index (χ1v) is 6.23. The van der Waals surface area contributed by atoms with Crippen LogP contribution in [0.2, 0.25) is 0 Å². The SMILES string of the molecule is O=C(Nc1ccc(F)c(C(=O)O)c1)c1cccc(Br)n1. The number of carboxylic acids is 1. The molecule has 0 aliphatic carbocycles. The molecule has 0 saturated carbocycles. The molecule has 20 heavy (non-hydrogen) atoms. The van der Waals surface area contributed by atoms with Crippen LogP contribution in [-0.4, -0.2) is 22.0 Å². The number of amides is 1. The molecule has 1 aromatic carbocycles. The molecule has 1 amide bonds. The van der Waals surface area contributed by atoms with Gasteiger partial charge in [0.2, 0.25) is 0 Å². The third-order valence-electron chi connectivity index (χ3n) is 2.40. The van der Waals surface area contributed by atoms with E-state index in [4.69, 9.17) is 5.11 Å². The van der Waals surface area contributed by atoms with Crippen LogP contribution >= 0.6 is 15.9 Å². The van der Waals surface area contributed by atoms with Gasteiger partial charge in [0.1, 0.15) is 16.1 Å². The van der Waals surface area contributed by atoms with Crippen molar-refractivity contribution in [3.05, 3.63) is 58.1 Å². The number of benzene rings is 1. The molecule has 2 rings (SSSR count). The van der Waals surface area contributed by atoms with Crippen LogP contribution in [0, 0.1) is 5.82 Å². The molecule has 5 nitrogen and oxygen atoms in total. The van der Waals surface area contributed by atoms with E-state index >= 15 is 0 Å². The molecular formula is C13H8BrFN2O3. The first-order chi connectivity index (χ1) is 9.47. The van der Waals surface area contributed by atoms with E-state index in [1.807, 2.05) is 0 Å². The van der Waals surface area contributed by atoms with Gasteiger partial charge in [-0.05, 0) is 46.3 Å². The molecule has 1 heterocycles. The Morgan fingerprint density at radius 1 is 1.25 bits per heavy atom. The number of halogens is 2. The fraction of sp³-hybridized carbons (Fsp3) is 0. The van der Waals surface area contributed by atoms with Crippen molar-refractivity contribution in [1.29, 1.82) is 0 Å². The average molecular weight is 339 g/mol. The number of aromatic carboxylic acids is 1. The van der Waals surface area contributed by atoms with Gasteiger partial charge in [0.05, 0.1) is 5.56 Å². The van der Waals surface area contributed by atoms with Crippen LogP contribution in [0.15, 0.2) is 41.0 Å². The van der Waals surface area contributed by atoms with E-state index in [2.05, 4.69) is 26.2 Å². The highest BCUT2D eigenvalue weighted by atomic mass is 79.9. The van der Waals surface area contributed by atoms with Crippen molar-refractivity contribution in [2.75, 3.05) is 5.32 Å². The molecule has 0 bridgehead atoms. The summed E-state index contributed by atoms with van der Waals surface area (Å²) in [5, 5.41) is 11.3. The lowest BCUT2D eigenvalue weighted by Gasteiger charge is -2.06. The first kappa shape index (κ1) is 14.1. The molecular weight excluding hydrogens is 331 g/mol. The second-order valence-corrected chi connectivity index (χ2v) is 4.61. The lowest BCUT2D eigenvalue weighted by Crippen LogP contribution is -2.14. The van der Waals surface area contributed by atoms with Crippen LogP contribution < -0.4 is 5.32 Å². The summed E-state index contributed by atoms with van der Waals surface area (Å²) in [6.07, 6.45) is 0. The van der Waals surface area contributed by atoms with Gasteiger partial charge >= 0.3 is 5.97 Å². The monoisotopic (exact) mass is 338 g/mol. The lowest BCUT2D eigenvalue weighted by atomic mass is 10.2. The molecule has 0 fully saturated rings. The van der Waals surface area contributed by atoms with Gasteiger partial charge in [-0.15, -0.1) is 0 Å².